The van der Waals surface area contributed by atoms with Crippen LogP contribution in [-0.2, 0) is 4.79 Å². The van der Waals surface area contributed by atoms with Crippen LogP contribution in [0.25, 0.3) is 16.8 Å². The number of amides is 2. The smallest absolute Gasteiger partial charge is 0.268 e. The number of carbonyl (C=O) groups excluding carboxylic acids is 2. The van der Waals surface area contributed by atoms with E-state index in [0.717, 1.165) is 27.6 Å². The summed E-state index contributed by atoms with van der Waals surface area (Å²) in [4.78, 5) is 26.3. The Kier molecular flexibility index (Phi) is 7.58. The molecule has 4 aromatic carbocycles. The van der Waals surface area contributed by atoms with E-state index >= 15 is 0 Å². The quantitative estimate of drug-likeness (QED) is 0.320. The molecule has 2 N–H and O–H groups in total. The Labute approximate surface area is 205 Å². The van der Waals surface area contributed by atoms with Crippen LogP contribution < -0.4 is 15.4 Å². The van der Waals surface area contributed by atoms with Crippen LogP contribution in [0.3, 0.4) is 0 Å². The third kappa shape index (κ3) is 5.76. The van der Waals surface area contributed by atoms with Crippen LogP contribution in [0, 0.1) is 0 Å². The fourth-order valence-corrected chi connectivity index (χ4v) is 3.90. The van der Waals surface area contributed by atoms with E-state index in [0.29, 0.717) is 12.2 Å². The number of rotatable bonds is 8. The molecule has 0 aliphatic carbocycles. The van der Waals surface area contributed by atoms with Crippen molar-refractivity contribution >= 4 is 28.7 Å². The van der Waals surface area contributed by atoms with E-state index in [-0.39, 0.29) is 23.6 Å². The van der Waals surface area contributed by atoms with E-state index in [1.54, 1.807) is 30.3 Å². The number of benzene rings is 4. The Hall–Kier alpha value is -4.38. The zero-order chi connectivity index (χ0) is 24.6. The lowest BCUT2D eigenvalue weighted by atomic mass is 10.0. The molecule has 0 radical (unpaired) electrons. The summed E-state index contributed by atoms with van der Waals surface area (Å²) < 4.78 is 5.78. The number of hydrogen-bond donors (Lipinski definition) is 2. The number of nitrogens with one attached hydrogen (secondary N) is 2. The molecule has 0 heterocycles. The van der Waals surface area contributed by atoms with Gasteiger partial charge in [0, 0.05) is 10.9 Å². The van der Waals surface area contributed by atoms with Gasteiger partial charge in [-0.3, -0.25) is 9.59 Å². The molecular weight excluding hydrogens is 436 g/mol. The molecule has 176 valence electrons. The molecule has 0 saturated carbocycles. The second-order valence-electron chi connectivity index (χ2n) is 8.12. The fourth-order valence-electron chi connectivity index (χ4n) is 3.90. The summed E-state index contributed by atoms with van der Waals surface area (Å²) in [6.07, 6.45) is 1.71. The Morgan fingerprint density at radius 2 is 1.46 bits per heavy atom. The highest BCUT2D eigenvalue weighted by Crippen LogP contribution is 2.30. The zero-order valence-corrected chi connectivity index (χ0v) is 19.8. The van der Waals surface area contributed by atoms with Gasteiger partial charge < -0.3 is 15.4 Å². The normalized spacial score (nSPS) is 12.1. The van der Waals surface area contributed by atoms with Gasteiger partial charge in [0.05, 0.1) is 12.6 Å². The first-order valence-corrected chi connectivity index (χ1v) is 11.6. The van der Waals surface area contributed by atoms with Crippen molar-refractivity contribution < 1.29 is 14.3 Å². The van der Waals surface area contributed by atoms with E-state index < -0.39 is 0 Å². The minimum atomic E-state index is -0.372. The standard InChI is InChI=1S/C30H28N2O3/c1-3-35-28-19-18-24(25-16-10-11-17-26(25)28)20-27(32-29(33)23-14-8-5-9-15-23)30(34)31-21(2)22-12-6-4-7-13-22/h4-21H,3H2,1-2H3,(H,31,34)(H,32,33)/b27-20+/t21-/m1/s1. The molecule has 0 aliphatic heterocycles. The average Bonchev–Trinajstić information content (AvgIpc) is 2.90. The van der Waals surface area contributed by atoms with Gasteiger partial charge in [-0.2, -0.15) is 0 Å². The van der Waals surface area contributed by atoms with Crippen LogP contribution in [0.2, 0.25) is 0 Å². The first-order chi connectivity index (χ1) is 17.1. The number of fused-ring (bicyclic) bond motifs is 1. The van der Waals surface area contributed by atoms with Gasteiger partial charge in [-0.25, -0.2) is 0 Å². The van der Waals surface area contributed by atoms with Gasteiger partial charge in [0.2, 0.25) is 0 Å². The maximum absolute atomic E-state index is 13.4. The summed E-state index contributed by atoms with van der Waals surface area (Å²) in [5.74, 6) is 0.0514. The van der Waals surface area contributed by atoms with Crippen molar-refractivity contribution in [1.82, 2.24) is 10.6 Å². The van der Waals surface area contributed by atoms with Crippen molar-refractivity contribution in [3.05, 3.63) is 119 Å². The van der Waals surface area contributed by atoms with Crippen molar-refractivity contribution in [2.45, 2.75) is 19.9 Å². The molecule has 0 fully saturated rings. The van der Waals surface area contributed by atoms with E-state index in [1.807, 2.05) is 86.6 Å². The van der Waals surface area contributed by atoms with Crippen molar-refractivity contribution in [3.8, 4) is 5.75 Å². The number of ether oxygens (including phenoxy) is 1. The molecule has 0 aromatic heterocycles. The Balaban J connectivity index is 1.72. The average molecular weight is 465 g/mol. The van der Waals surface area contributed by atoms with Crippen LogP contribution in [0.5, 0.6) is 5.75 Å². The maximum atomic E-state index is 13.4. The van der Waals surface area contributed by atoms with Gasteiger partial charge in [-0.05, 0) is 54.6 Å². The van der Waals surface area contributed by atoms with Gasteiger partial charge in [0.1, 0.15) is 11.4 Å². The summed E-state index contributed by atoms with van der Waals surface area (Å²) in [7, 11) is 0. The molecule has 1 atom stereocenters. The molecule has 2 amide bonds. The zero-order valence-electron chi connectivity index (χ0n) is 19.8. The van der Waals surface area contributed by atoms with Crippen molar-refractivity contribution in [2.75, 3.05) is 6.61 Å². The molecule has 5 heteroatoms. The molecule has 0 spiro atoms. The van der Waals surface area contributed by atoms with Crippen LogP contribution in [-0.4, -0.2) is 18.4 Å². The Bertz CT molecular complexity index is 1350. The topological polar surface area (TPSA) is 67.4 Å². The second-order valence-corrected chi connectivity index (χ2v) is 8.12. The molecule has 35 heavy (non-hydrogen) atoms. The van der Waals surface area contributed by atoms with E-state index in [2.05, 4.69) is 10.6 Å². The van der Waals surface area contributed by atoms with Crippen molar-refractivity contribution in [1.29, 1.82) is 0 Å². The molecule has 4 rings (SSSR count). The van der Waals surface area contributed by atoms with E-state index in [1.165, 1.54) is 0 Å². The lowest BCUT2D eigenvalue weighted by Gasteiger charge is -2.17. The number of carbonyl (C=O) groups is 2. The Morgan fingerprint density at radius 3 is 2.14 bits per heavy atom. The third-order valence-electron chi connectivity index (χ3n) is 5.69. The molecule has 0 saturated heterocycles. The van der Waals surface area contributed by atoms with Crippen LogP contribution in [0.15, 0.2) is 103 Å². The second kappa shape index (κ2) is 11.2. The summed E-state index contributed by atoms with van der Waals surface area (Å²) in [6, 6.07) is 29.9. The van der Waals surface area contributed by atoms with Crippen LogP contribution in [0.1, 0.15) is 41.4 Å². The molecule has 0 aliphatic rings. The molecule has 4 aromatic rings. The number of hydrogen-bond acceptors (Lipinski definition) is 3. The molecular formula is C30H28N2O3. The van der Waals surface area contributed by atoms with E-state index in [4.69, 9.17) is 4.74 Å². The predicted octanol–water partition coefficient (Wildman–Crippen LogP) is 5.89. The highest BCUT2D eigenvalue weighted by atomic mass is 16.5. The largest absolute Gasteiger partial charge is 0.493 e. The highest BCUT2D eigenvalue weighted by Gasteiger charge is 2.18. The maximum Gasteiger partial charge on any atom is 0.268 e. The Morgan fingerprint density at radius 1 is 0.829 bits per heavy atom. The van der Waals surface area contributed by atoms with Crippen LogP contribution >= 0.6 is 0 Å². The van der Waals surface area contributed by atoms with Gasteiger partial charge >= 0.3 is 0 Å². The lowest BCUT2D eigenvalue weighted by Crippen LogP contribution is -2.36. The summed E-state index contributed by atoms with van der Waals surface area (Å²) >= 11 is 0. The summed E-state index contributed by atoms with van der Waals surface area (Å²) in [6.45, 7) is 4.41. The first-order valence-electron chi connectivity index (χ1n) is 11.6. The summed E-state index contributed by atoms with van der Waals surface area (Å²) in [5, 5.41) is 7.69. The lowest BCUT2D eigenvalue weighted by molar-refractivity contribution is -0.118. The van der Waals surface area contributed by atoms with Gasteiger partial charge in [0.15, 0.2) is 0 Å². The molecule has 0 unspecified atom stereocenters. The van der Waals surface area contributed by atoms with Crippen LogP contribution in [0.4, 0.5) is 0 Å². The third-order valence-corrected chi connectivity index (χ3v) is 5.69. The van der Waals surface area contributed by atoms with Gasteiger partial charge in [-0.1, -0.05) is 78.9 Å². The monoisotopic (exact) mass is 464 g/mol. The van der Waals surface area contributed by atoms with Crippen molar-refractivity contribution in [2.24, 2.45) is 0 Å². The van der Waals surface area contributed by atoms with Crippen molar-refractivity contribution in [3.63, 3.8) is 0 Å². The fraction of sp³-hybridized carbons (Fsp3) is 0.133. The first kappa shape index (κ1) is 23.8. The highest BCUT2D eigenvalue weighted by molar-refractivity contribution is 6.07. The van der Waals surface area contributed by atoms with E-state index in [9.17, 15) is 9.59 Å². The van der Waals surface area contributed by atoms with Gasteiger partial charge in [-0.15, -0.1) is 0 Å². The van der Waals surface area contributed by atoms with Gasteiger partial charge in [0.25, 0.3) is 11.8 Å². The molecule has 5 nitrogen and oxygen atoms in total. The minimum absolute atomic E-state index is 0.163. The SMILES string of the molecule is CCOc1ccc(/C=C(/NC(=O)c2ccccc2)C(=O)N[C@H](C)c2ccccc2)c2ccccc12. The summed E-state index contributed by atoms with van der Waals surface area (Å²) in [5.41, 5.74) is 2.41. The molecule has 0 bridgehead atoms. The predicted molar refractivity (Wildman–Crippen MR) is 140 cm³/mol. The minimum Gasteiger partial charge on any atom is -0.493 e.